The van der Waals surface area contributed by atoms with Gasteiger partial charge in [0.25, 0.3) is 0 Å². The normalized spacial score (nSPS) is 16.9. The van der Waals surface area contributed by atoms with Crippen LogP contribution in [0.15, 0.2) is 52.9 Å². The summed E-state index contributed by atoms with van der Waals surface area (Å²) >= 11 is 5.91. The number of carbonyl (C=O) groups is 2. The minimum Gasteiger partial charge on any atom is -0.439 e. The van der Waals surface area contributed by atoms with Gasteiger partial charge in [0.05, 0.1) is 12.5 Å². The lowest BCUT2D eigenvalue weighted by Gasteiger charge is -2.32. The number of benzene rings is 2. The van der Waals surface area contributed by atoms with Crippen molar-refractivity contribution in [3.05, 3.63) is 65.0 Å². The van der Waals surface area contributed by atoms with Crippen LogP contribution in [-0.2, 0) is 22.6 Å². The first-order chi connectivity index (χ1) is 14.1. The molecule has 1 unspecified atom stereocenters. The Balaban J connectivity index is 1.31. The number of amides is 2. The van der Waals surface area contributed by atoms with Crippen molar-refractivity contribution in [1.29, 1.82) is 0 Å². The molecular weight excluding hydrogens is 390 g/mol. The van der Waals surface area contributed by atoms with E-state index in [1.807, 2.05) is 48.5 Å². The van der Waals surface area contributed by atoms with Gasteiger partial charge in [0.2, 0.25) is 17.7 Å². The molecule has 1 atom stereocenters. The molecular formula is C22H22ClN3O3. The van der Waals surface area contributed by atoms with Gasteiger partial charge in [-0.2, -0.15) is 0 Å². The quantitative estimate of drug-likeness (QED) is 0.672. The second-order valence-corrected chi connectivity index (χ2v) is 7.68. The number of rotatable bonds is 6. The first-order valence-electron chi connectivity index (χ1n) is 9.73. The molecule has 1 aliphatic rings. The van der Waals surface area contributed by atoms with Crippen molar-refractivity contribution in [3.63, 3.8) is 0 Å². The summed E-state index contributed by atoms with van der Waals surface area (Å²) in [4.78, 5) is 31.0. The summed E-state index contributed by atoms with van der Waals surface area (Å²) in [7, 11) is 0. The second kappa shape index (κ2) is 8.66. The van der Waals surface area contributed by atoms with Gasteiger partial charge in [-0.25, -0.2) is 4.98 Å². The van der Waals surface area contributed by atoms with E-state index >= 15 is 0 Å². The Kier molecular flexibility index (Phi) is 5.81. The number of aromatic nitrogens is 1. The molecule has 0 saturated carbocycles. The maximum absolute atomic E-state index is 12.6. The average molecular weight is 412 g/mol. The summed E-state index contributed by atoms with van der Waals surface area (Å²) in [5, 5.41) is 3.59. The first kappa shape index (κ1) is 19.5. The molecule has 0 bridgehead atoms. The van der Waals surface area contributed by atoms with E-state index in [-0.39, 0.29) is 24.3 Å². The Morgan fingerprint density at radius 1 is 1.21 bits per heavy atom. The molecule has 2 amide bonds. The van der Waals surface area contributed by atoms with E-state index in [4.69, 9.17) is 16.0 Å². The van der Waals surface area contributed by atoms with E-state index in [1.54, 1.807) is 4.90 Å². The van der Waals surface area contributed by atoms with Crippen LogP contribution in [0.1, 0.15) is 24.3 Å². The molecule has 3 aromatic rings. The molecule has 4 rings (SSSR count). The Bertz CT molecular complexity index is 983. The predicted octanol–water partition coefficient (Wildman–Crippen LogP) is 3.58. The van der Waals surface area contributed by atoms with Gasteiger partial charge in [-0.1, -0.05) is 35.9 Å². The second-order valence-electron chi connectivity index (χ2n) is 7.24. The molecule has 1 aromatic heterocycles. The topological polar surface area (TPSA) is 75.4 Å². The van der Waals surface area contributed by atoms with Gasteiger partial charge < -0.3 is 14.6 Å². The van der Waals surface area contributed by atoms with Crippen LogP contribution in [0, 0.1) is 5.92 Å². The fourth-order valence-electron chi connectivity index (χ4n) is 3.56. The van der Waals surface area contributed by atoms with Crippen LogP contribution in [0.5, 0.6) is 0 Å². The standard InChI is InChI=1S/C22H22ClN3O3/c23-17-8-5-15(6-9-17)11-12-26-14-16(7-10-21(26)27)22(28)24-13-20-25-18-3-1-2-4-19(18)29-20/h1-6,8-9,16H,7,10-14H2,(H,24,28). The number of nitrogens with zero attached hydrogens (tertiary/aromatic N) is 2. The lowest BCUT2D eigenvalue weighted by Crippen LogP contribution is -2.46. The van der Waals surface area contributed by atoms with Gasteiger partial charge in [-0.05, 0) is 42.7 Å². The number of hydrogen-bond acceptors (Lipinski definition) is 4. The number of fused-ring (bicyclic) bond motifs is 1. The van der Waals surface area contributed by atoms with Gasteiger partial charge >= 0.3 is 0 Å². The van der Waals surface area contributed by atoms with Crippen molar-refractivity contribution in [2.75, 3.05) is 13.1 Å². The monoisotopic (exact) mass is 411 g/mol. The van der Waals surface area contributed by atoms with Crippen molar-refractivity contribution in [1.82, 2.24) is 15.2 Å². The van der Waals surface area contributed by atoms with Gasteiger partial charge in [0, 0.05) is 24.5 Å². The molecule has 0 spiro atoms. The van der Waals surface area contributed by atoms with E-state index in [1.165, 1.54) is 0 Å². The lowest BCUT2D eigenvalue weighted by molar-refractivity contribution is -0.138. The third kappa shape index (κ3) is 4.77. The Labute approximate surface area is 173 Å². The molecule has 2 aromatic carbocycles. The number of carbonyl (C=O) groups excluding carboxylic acids is 2. The number of halogens is 1. The number of nitrogens with one attached hydrogen (secondary N) is 1. The molecule has 7 heteroatoms. The molecule has 6 nitrogen and oxygen atoms in total. The van der Waals surface area contributed by atoms with Gasteiger partial charge in [0.15, 0.2) is 5.58 Å². The highest BCUT2D eigenvalue weighted by Gasteiger charge is 2.30. The Morgan fingerprint density at radius 2 is 2.00 bits per heavy atom. The SMILES string of the molecule is O=C(NCc1nc2ccccc2o1)C1CCC(=O)N(CCc2ccc(Cl)cc2)C1. The Hall–Kier alpha value is -2.86. The van der Waals surface area contributed by atoms with E-state index in [2.05, 4.69) is 10.3 Å². The van der Waals surface area contributed by atoms with E-state index in [0.29, 0.717) is 42.4 Å². The van der Waals surface area contributed by atoms with Crippen molar-refractivity contribution in [2.24, 2.45) is 5.92 Å². The van der Waals surface area contributed by atoms with E-state index in [0.717, 1.165) is 17.5 Å². The first-order valence-corrected chi connectivity index (χ1v) is 10.1. The minimum absolute atomic E-state index is 0.0729. The molecule has 0 aliphatic carbocycles. The van der Waals surface area contributed by atoms with E-state index in [9.17, 15) is 9.59 Å². The highest BCUT2D eigenvalue weighted by Crippen LogP contribution is 2.20. The summed E-state index contributed by atoms with van der Waals surface area (Å²) in [6, 6.07) is 15.1. The van der Waals surface area contributed by atoms with Crippen molar-refractivity contribution >= 4 is 34.5 Å². The van der Waals surface area contributed by atoms with Crippen molar-refractivity contribution < 1.29 is 14.0 Å². The third-order valence-electron chi connectivity index (χ3n) is 5.21. The number of oxazole rings is 1. The Morgan fingerprint density at radius 3 is 2.79 bits per heavy atom. The summed E-state index contributed by atoms with van der Waals surface area (Å²) < 4.78 is 5.64. The highest BCUT2D eigenvalue weighted by molar-refractivity contribution is 6.30. The molecule has 2 heterocycles. The van der Waals surface area contributed by atoms with Crippen LogP contribution in [0.25, 0.3) is 11.1 Å². The van der Waals surface area contributed by atoms with Gasteiger partial charge in [-0.3, -0.25) is 9.59 Å². The molecule has 150 valence electrons. The van der Waals surface area contributed by atoms with Crippen LogP contribution < -0.4 is 5.32 Å². The number of piperidine rings is 1. The highest BCUT2D eigenvalue weighted by atomic mass is 35.5. The molecule has 1 fully saturated rings. The molecule has 1 aliphatic heterocycles. The number of hydrogen-bond donors (Lipinski definition) is 1. The van der Waals surface area contributed by atoms with Crippen LogP contribution in [0.2, 0.25) is 5.02 Å². The fraction of sp³-hybridized carbons (Fsp3) is 0.318. The average Bonchev–Trinajstić information content (AvgIpc) is 3.15. The molecule has 1 N–H and O–H groups in total. The van der Waals surface area contributed by atoms with Crippen LogP contribution in [0.4, 0.5) is 0 Å². The van der Waals surface area contributed by atoms with Crippen molar-refractivity contribution in [2.45, 2.75) is 25.8 Å². The molecule has 29 heavy (non-hydrogen) atoms. The minimum atomic E-state index is -0.220. The maximum Gasteiger partial charge on any atom is 0.225 e. The molecule has 0 radical (unpaired) electrons. The zero-order chi connectivity index (χ0) is 20.2. The van der Waals surface area contributed by atoms with Crippen LogP contribution in [0.3, 0.4) is 0 Å². The summed E-state index contributed by atoms with van der Waals surface area (Å²) in [5.74, 6) is 0.284. The largest absolute Gasteiger partial charge is 0.439 e. The number of likely N-dealkylation sites (tertiary alicyclic amines) is 1. The zero-order valence-corrected chi connectivity index (χ0v) is 16.7. The molecule has 1 saturated heterocycles. The third-order valence-corrected chi connectivity index (χ3v) is 5.46. The predicted molar refractivity (Wildman–Crippen MR) is 110 cm³/mol. The lowest BCUT2D eigenvalue weighted by atomic mass is 9.96. The summed E-state index contributed by atoms with van der Waals surface area (Å²) in [6.45, 7) is 1.27. The van der Waals surface area contributed by atoms with E-state index < -0.39 is 0 Å². The maximum atomic E-state index is 12.6. The summed E-state index contributed by atoms with van der Waals surface area (Å²) in [5.41, 5.74) is 2.59. The van der Waals surface area contributed by atoms with Crippen molar-refractivity contribution in [3.8, 4) is 0 Å². The summed E-state index contributed by atoms with van der Waals surface area (Å²) in [6.07, 6.45) is 1.69. The smallest absolute Gasteiger partial charge is 0.225 e. The fourth-order valence-corrected chi connectivity index (χ4v) is 3.69. The number of para-hydroxylation sites is 2. The van der Waals surface area contributed by atoms with Gasteiger partial charge in [-0.15, -0.1) is 0 Å². The van der Waals surface area contributed by atoms with Crippen LogP contribution >= 0.6 is 11.6 Å². The zero-order valence-electron chi connectivity index (χ0n) is 15.9. The van der Waals surface area contributed by atoms with Crippen LogP contribution in [-0.4, -0.2) is 34.8 Å². The van der Waals surface area contributed by atoms with Gasteiger partial charge in [0.1, 0.15) is 5.52 Å².